The third-order valence-corrected chi connectivity index (χ3v) is 4.50. The highest BCUT2D eigenvalue weighted by molar-refractivity contribution is 6.00. The number of H-pyrrole nitrogens is 1. The molecule has 1 unspecified atom stereocenters. The fourth-order valence-electron chi connectivity index (χ4n) is 3.23. The summed E-state index contributed by atoms with van der Waals surface area (Å²) in [5, 5.41) is 6.72. The molecule has 1 aliphatic heterocycles. The highest BCUT2D eigenvalue weighted by Crippen LogP contribution is 2.34. The first-order valence-corrected chi connectivity index (χ1v) is 7.89. The minimum Gasteiger partial charge on any atom is -0.312 e. The van der Waals surface area contributed by atoms with E-state index in [1.165, 1.54) is 6.07 Å². The number of hydrogen-bond donors (Lipinski definition) is 1. The van der Waals surface area contributed by atoms with Gasteiger partial charge in [-0.25, -0.2) is 4.39 Å². The number of aromatic amines is 1. The van der Waals surface area contributed by atoms with E-state index in [0.29, 0.717) is 18.5 Å². The third kappa shape index (κ3) is 2.48. The van der Waals surface area contributed by atoms with Gasteiger partial charge in [0.25, 0.3) is 0 Å². The molecule has 0 saturated carbocycles. The smallest absolute Gasteiger partial charge is 0.234 e. The van der Waals surface area contributed by atoms with Crippen LogP contribution in [0.4, 0.5) is 10.1 Å². The van der Waals surface area contributed by atoms with Crippen LogP contribution in [0.15, 0.2) is 60.9 Å². The molecule has 1 aliphatic rings. The molecule has 2 heterocycles. The molecule has 0 aliphatic carbocycles. The van der Waals surface area contributed by atoms with Crippen LogP contribution in [-0.4, -0.2) is 22.6 Å². The molecule has 0 spiro atoms. The molecule has 3 aromatic rings. The maximum absolute atomic E-state index is 14.0. The largest absolute Gasteiger partial charge is 0.312 e. The lowest BCUT2D eigenvalue weighted by Gasteiger charge is -2.17. The molecular weight excluding hydrogens is 305 g/mol. The topological polar surface area (TPSA) is 49.0 Å². The van der Waals surface area contributed by atoms with Crippen LogP contribution in [0.25, 0.3) is 11.1 Å². The van der Waals surface area contributed by atoms with Crippen molar-refractivity contribution in [1.29, 1.82) is 0 Å². The van der Waals surface area contributed by atoms with Crippen molar-refractivity contribution >= 4 is 11.6 Å². The van der Waals surface area contributed by atoms with Crippen molar-refractivity contribution in [2.24, 2.45) is 0 Å². The van der Waals surface area contributed by atoms with Gasteiger partial charge in [-0.05, 0) is 30.2 Å². The van der Waals surface area contributed by atoms with Crippen LogP contribution in [0.2, 0.25) is 0 Å². The number of halogens is 1. The summed E-state index contributed by atoms with van der Waals surface area (Å²) in [7, 11) is 0. The summed E-state index contributed by atoms with van der Waals surface area (Å²) < 4.78 is 14.0. The number of carbonyl (C=O) groups is 1. The van der Waals surface area contributed by atoms with E-state index < -0.39 is 5.92 Å². The first-order valence-electron chi connectivity index (χ1n) is 7.89. The Labute approximate surface area is 138 Å². The Morgan fingerprint density at radius 1 is 1.08 bits per heavy atom. The number of aromatic nitrogens is 2. The van der Waals surface area contributed by atoms with Crippen LogP contribution < -0.4 is 4.90 Å². The highest BCUT2D eigenvalue weighted by Gasteiger charge is 2.34. The van der Waals surface area contributed by atoms with Gasteiger partial charge in [0.05, 0.1) is 12.1 Å². The van der Waals surface area contributed by atoms with E-state index in [2.05, 4.69) is 10.2 Å². The molecule has 5 heteroatoms. The van der Waals surface area contributed by atoms with Crippen molar-refractivity contribution in [3.63, 3.8) is 0 Å². The fourth-order valence-corrected chi connectivity index (χ4v) is 3.23. The van der Waals surface area contributed by atoms with Crippen LogP contribution in [0, 0.1) is 5.82 Å². The van der Waals surface area contributed by atoms with Gasteiger partial charge in [0, 0.05) is 29.6 Å². The van der Waals surface area contributed by atoms with Crippen LogP contribution in [0.1, 0.15) is 17.9 Å². The van der Waals surface area contributed by atoms with Crippen molar-refractivity contribution < 1.29 is 9.18 Å². The molecule has 4 rings (SSSR count). The zero-order valence-corrected chi connectivity index (χ0v) is 12.9. The molecular formula is C19H16FN3O. The van der Waals surface area contributed by atoms with Gasteiger partial charge in [0.1, 0.15) is 5.82 Å². The molecule has 120 valence electrons. The standard InChI is InChI=1S/C19H16FN3O/c20-18-4-2-1-3-16(18)17-9-10-23(19(17)24)15-7-5-13(6-8-15)14-11-21-22-12-14/h1-8,11-12,17H,9-10H2,(H,21,22). The van der Waals surface area contributed by atoms with E-state index >= 15 is 0 Å². The first-order chi connectivity index (χ1) is 11.7. The maximum atomic E-state index is 14.0. The summed E-state index contributed by atoms with van der Waals surface area (Å²) in [6.07, 6.45) is 4.21. The molecule has 1 N–H and O–H groups in total. The van der Waals surface area contributed by atoms with Gasteiger partial charge < -0.3 is 4.90 Å². The zero-order chi connectivity index (χ0) is 16.5. The lowest BCUT2D eigenvalue weighted by molar-refractivity contribution is -0.118. The molecule has 1 aromatic heterocycles. The van der Waals surface area contributed by atoms with Gasteiger partial charge in [-0.15, -0.1) is 0 Å². The zero-order valence-electron chi connectivity index (χ0n) is 12.9. The van der Waals surface area contributed by atoms with Gasteiger partial charge >= 0.3 is 0 Å². The predicted molar refractivity (Wildman–Crippen MR) is 90.1 cm³/mol. The van der Waals surface area contributed by atoms with Crippen LogP contribution in [-0.2, 0) is 4.79 Å². The minimum atomic E-state index is -0.403. The quantitative estimate of drug-likeness (QED) is 0.799. The van der Waals surface area contributed by atoms with Crippen molar-refractivity contribution in [3.8, 4) is 11.1 Å². The Kier molecular flexibility index (Phi) is 3.61. The molecule has 1 amide bonds. The Morgan fingerprint density at radius 3 is 2.58 bits per heavy atom. The molecule has 0 radical (unpaired) electrons. The molecule has 1 fully saturated rings. The monoisotopic (exact) mass is 321 g/mol. The first kappa shape index (κ1) is 14.6. The number of carbonyl (C=O) groups excluding carboxylic acids is 1. The van der Waals surface area contributed by atoms with E-state index in [4.69, 9.17) is 0 Å². The van der Waals surface area contributed by atoms with E-state index in [1.807, 2.05) is 30.5 Å². The van der Waals surface area contributed by atoms with E-state index in [1.54, 1.807) is 29.3 Å². The summed E-state index contributed by atoms with van der Waals surface area (Å²) >= 11 is 0. The summed E-state index contributed by atoms with van der Waals surface area (Å²) in [4.78, 5) is 14.4. The number of hydrogen-bond acceptors (Lipinski definition) is 2. The average Bonchev–Trinajstić information content (AvgIpc) is 3.26. The number of amides is 1. The van der Waals surface area contributed by atoms with E-state index in [0.717, 1.165) is 16.8 Å². The number of rotatable bonds is 3. The van der Waals surface area contributed by atoms with Gasteiger partial charge in [0.2, 0.25) is 5.91 Å². The maximum Gasteiger partial charge on any atom is 0.234 e. The second kappa shape index (κ2) is 5.92. The molecule has 1 saturated heterocycles. The number of benzene rings is 2. The van der Waals surface area contributed by atoms with Crippen molar-refractivity contribution in [3.05, 3.63) is 72.3 Å². The Morgan fingerprint density at radius 2 is 1.88 bits per heavy atom. The average molecular weight is 321 g/mol. The lowest BCUT2D eigenvalue weighted by Crippen LogP contribution is -2.26. The lowest BCUT2D eigenvalue weighted by atomic mass is 9.97. The Bertz CT molecular complexity index is 859. The highest BCUT2D eigenvalue weighted by atomic mass is 19.1. The predicted octanol–water partition coefficient (Wildman–Crippen LogP) is 3.74. The van der Waals surface area contributed by atoms with E-state index in [-0.39, 0.29) is 11.7 Å². The summed E-state index contributed by atoms with van der Waals surface area (Å²) in [6.45, 7) is 0.600. The summed E-state index contributed by atoms with van der Waals surface area (Å²) in [6, 6.07) is 14.3. The molecule has 24 heavy (non-hydrogen) atoms. The molecule has 1 atom stereocenters. The fraction of sp³-hybridized carbons (Fsp3) is 0.158. The SMILES string of the molecule is O=C1C(c2ccccc2F)CCN1c1ccc(-c2cn[nH]c2)cc1. The van der Waals surface area contributed by atoms with Gasteiger partial charge in [-0.1, -0.05) is 30.3 Å². The van der Waals surface area contributed by atoms with Crippen molar-refractivity contribution in [2.45, 2.75) is 12.3 Å². The number of nitrogens with one attached hydrogen (secondary N) is 1. The van der Waals surface area contributed by atoms with Crippen LogP contribution in [0.3, 0.4) is 0 Å². The normalized spacial score (nSPS) is 17.5. The van der Waals surface area contributed by atoms with Crippen molar-refractivity contribution in [1.82, 2.24) is 10.2 Å². The number of anilines is 1. The van der Waals surface area contributed by atoms with Gasteiger partial charge in [-0.2, -0.15) is 5.10 Å². The third-order valence-electron chi connectivity index (χ3n) is 4.50. The van der Waals surface area contributed by atoms with Gasteiger partial charge in [-0.3, -0.25) is 9.89 Å². The minimum absolute atomic E-state index is 0.0452. The number of nitrogens with zero attached hydrogens (tertiary/aromatic N) is 2. The second-order valence-electron chi connectivity index (χ2n) is 5.89. The molecule has 0 bridgehead atoms. The second-order valence-corrected chi connectivity index (χ2v) is 5.89. The van der Waals surface area contributed by atoms with Gasteiger partial charge in [0.15, 0.2) is 0 Å². The summed E-state index contributed by atoms with van der Waals surface area (Å²) in [5.74, 6) is -0.760. The van der Waals surface area contributed by atoms with Crippen molar-refractivity contribution in [2.75, 3.05) is 11.4 Å². The van der Waals surface area contributed by atoms with Crippen LogP contribution >= 0.6 is 0 Å². The van der Waals surface area contributed by atoms with E-state index in [9.17, 15) is 9.18 Å². The summed E-state index contributed by atoms with van der Waals surface area (Å²) in [5.41, 5.74) is 3.36. The Hall–Kier alpha value is -2.95. The van der Waals surface area contributed by atoms with Crippen LogP contribution in [0.5, 0.6) is 0 Å². The molecule has 4 nitrogen and oxygen atoms in total. The Balaban J connectivity index is 1.58. The molecule has 2 aromatic carbocycles.